The topological polar surface area (TPSA) is 112 Å². The Hall–Kier alpha value is -4.18. The largest absolute Gasteiger partial charge is 0.497 e. The predicted molar refractivity (Wildman–Crippen MR) is 127 cm³/mol. The molecule has 2 heterocycles. The third-order valence-corrected chi connectivity index (χ3v) is 5.59. The van der Waals surface area contributed by atoms with Crippen LogP contribution >= 0.6 is 11.3 Å². The molecule has 0 saturated carbocycles. The van der Waals surface area contributed by atoms with E-state index in [-0.39, 0.29) is 17.7 Å². The summed E-state index contributed by atoms with van der Waals surface area (Å²) in [5.41, 5.74) is 0.522. The number of carbonyl (C=O) groups excluding carboxylic acids is 2. The van der Waals surface area contributed by atoms with Crippen molar-refractivity contribution in [1.82, 2.24) is 9.78 Å². The first-order valence-corrected chi connectivity index (χ1v) is 10.9. The zero-order valence-corrected chi connectivity index (χ0v) is 18.6. The van der Waals surface area contributed by atoms with Crippen LogP contribution in [0, 0.1) is 0 Å². The number of para-hydroxylation sites is 1. The van der Waals surface area contributed by atoms with E-state index in [9.17, 15) is 14.4 Å². The summed E-state index contributed by atoms with van der Waals surface area (Å²) in [5.74, 6) is -0.0585. The van der Waals surface area contributed by atoms with Crippen molar-refractivity contribution in [1.29, 1.82) is 0 Å². The van der Waals surface area contributed by atoms with Gasteiger partial charge in [-0.25, -0.2) is 9.59 Å². The van der Waals surface area contributed by atoms with Gasteiger partial charge in [0.2, 0.25) is 0 Å². The van der Waals surface area contributed by atoms with Crippen LogP contribution in [0.2, 0.25) is 0 Å². The van der Waals surface area contributed by atoms with Gasteiger partial charge in [0.1, 0.15) is 10.8 Å². The van der Waals surface area contributed by atoms with Crippen molar-refractivity contribution in [3.05, 3.63) is 76.0 Å². The average molecular weight is 465 g/mol. The summed E-state index contributed by atoms with van der Waals surface area (Å²) in [7, 11) is 1.54. The maximum atomic E-state index is 13.4. The fourth-order valence-corrected chi connectivity index (χ4v) is 4.11. The van der Waals surface area contributed by atoms with Crippen LogP contribution in [0.5, 0.6) is 5.75 Å². The summed E-state index contributed by atoms with van der Waals surface area (Å²) in [6.07, 6.45) is 0. The molecular formula is C23H20N4O5S. The number of anilines is 2. The number of nitrogens with one attached hydrogen (secondary N) is 2. The number of nitrogens with zero attached hydrogens (tertiary/aromatic N) is 2. The molecule has 0 aliphatic heterocycles. The first-order chi connectivity index (χ1) is 16.0. The third-order valence-electron chi connectivity index (χ3n) is 4.70. The lowest BCUT2D eigenvalue weighted by atomic mass is 10.2. The van der Waals surface area contributed by atoms with Crippen molar-refractivity contribution in [2.75, 3.05) is 24.4 Å². The maximum absolute atomic E-state index is 13.4. The molecule has 0 atom stereocenters. The molecule has 2 N–H and O–H groups in total. The van der Waals surface area contributed by atoms with Gasteiger partial charge < -0.3 is 14.8 Å². The number of rotatable bonds is 6. The first-order valence-electron chi connectivity index (χ1n) is 10.0. The van der Waals surface area contributed by atoms with E-state index < -0.39 is 17.6 Å². The van der Waals surface area contributed by atoms with Crippen LogP contribution < -0.4 is 20.9 Å². The number of fused-ring (bicyclic) bond motifs is 1. The van der Waals surface area contributed by atoms with Crippen LogP contribution in [0.15, 0.2) is 64.8 Å². The number of aromatic nitrogens is 2. The van der Waals surface area contributed by atoms with Crippen molar-refractivity contribution in [2.45, 2.75) is 6.92 Å². The summed E-state index contributed by atoms with van der Waals surface area (Å²) in [4.78, 5) is 38.5. The summed E-state index contributed by atoms with van der Waals surface area (Å²) in [6, 6.07) is 15.0. The molecule has 0 fully saturated rings. The molecule has 0 aliphatic rings. The number of ether oxygens (including phenoxy) is 2. The number of amides is 2. The molecule has 4 rings (SSSR count). The van der Waals surface area contributed by atoms with Gasteiger partial charge >= 0.3 is 12.0 Å². The van der Waals surface area contributed by atoms with E-state index in [2.05, 4.69) is 15.7 Å². The number of urea groups is 1. The lowest BCUT2D eigenvalue weighted by Crippen LogP contribution is -2.26. The minimum Gasteiger partial charge on any atom is -0.497 e. The Labute approximate surface area is 192 Å². The number of carbonyl (C=O) groups is 2. The zero-order chi connectivity index (χ0) is 23.4. The van der Waals surface area contributed by atoms with Gasteiger partial charge in [0.05, 0.1) is 24.8 Å². The van der Waals surface area contributed by atoms with Crippen molar-refractivity contribution in [2.24, 2.45) is 0 Å². The van der Waals surface area contributed by atoms with E-state index in [4.69, 9.17) is 9.47 Å². The highest BCUT2D eigenvalue weighted by molar-refractivity contribution is 7.16. The quantitative estimate of drug-likeness (QED) is 0.412. The van der Waals surface area contributed by atoms with Gasteiger partial charge in [-0.1, -0.05) is 18.2 Å². The van der Waals surface area contributed by atoms with Crippen molar-refractivity contribution in [3.63, 3.8) is 0 Å². The lowest BCUT2D eigenvalue weighted by molar-refractivity contribution is 0.0520. The van der Waals surface area contributed by atoms with Crippen molar-refractivity contribution >= 4 is 44.8 Å². The van der Waals surface area contributed by atoms with E-state index in [0.29, 0.717) is 27.5 Å². The van der Waals surface area contributed by atoms with Gasteiger partial charge in [-0.05, 0) is 43.3 Å². The van der Waals surface area contributed by atoms with E-state index in [1.165, 1.54) is 7.11 Å². The van der Waals surface area contributed by atoms with Crippen molar-refractivity contribution < 1.29 is 19.1 Å². The number of thiophene rings is 1. The summed E-state index contributed by atoms with van der Waals surface area (Å²) >= 11 is 1.12. The smallest absolute Gasteiger partial charge is 0.359 e. The Bertz CT molecular complexity index is 1360. The molecule has 2 aromatic heterocycles. The molecule has 4 aromatic rings. The first kappa shape index (κ1) is 22.0. The molecule has 33 heavy (non-hydrogen) atoms. The SMILES string of the molecule is CCOC(=O)c1nn(-c2ccc(OC)cc2)c(=O)c2c(NC(=O)Nc3ccccc3)scc12. The fraction of sp³-hybridized carbons (Fsp3) is 0.130. The van der Waals surface area contributed by atoms with Crippen LogP contribution in [0.4, 0.5) is 15.5 Å². The van der Waals surface area contributed by atoms with E-state index in [0.717, 1.165) is 16.0 Å². The van der Waals surface area contributed by atoms with Crippen LogP contribution in [-0.2, 0) is 4.74 Å². The molecule has 9 nitrogen and oxygen atoms in total. The van der Waals surface area contributed by atoms with Crippen LogP contribution in [0.1, 0.15) is 17.4 Å². The van der Waals surface area contributed by atoms with Crippen molar-refractivity contribution in [3.8, 4) is 11.4 Å². The number of benzene rings is 2. The number of hydrogen-bond acceptors (Lipinski definition) is 7. The molecule has 0 bridgehead atoms. The Balaban J connectivity index is 1.80. The molecule has 0 aliphatic carbocycles. The Morgan fingerprint density at radius 3 is 2.45 bits per heavy atom. The highest BCUT2D eigenvalue weighted by Gasteiger charge is 2.23. The number of methoxy groups -OCH3 is 1. The molecule has 0 radical (unpaired) electrons. The van der Waals surface area contributed by atoms with Gasteiger partial charge in [0.25, 0.3) is 5.56 Å². The number of esters is 1. The highest BCUT2D eigenvalue weighted by atomic mass is 32.1. The Kier molecular flexibility index (Phi) is 6.36. The molecule has 0 unspecified atom stereocenters. The lowest BCUT2D eigenvalue weighted by Gasteiger charge is -2.11. The standard InChI is InChI=1S/C23H20N4O5S/c1-3-32-22(29)19-17-13-33-20(25-23(30)24-14-7-5-4-6-8-14)18(17)21(28)27(26-19)15-9-11-16(31-2)12-10-15/h4-13H,3H2,1-2H3,(H2,24,25,30). The van der Waals surface area contributed by atoms with Crippen LogP contribution in [0.3, 0.4) is 0 Å². The minimum atomic E-state index is -0.664. The predicted octanol–water partition coefficient (Wildman–Crippen LogP) is 4.28. The molecule has 168 valence electrons. The molecule has 2 amide bonds. The molecule has 0 spiro atoms. The molecule has 10 heteroatoms. The van der Waals surface area contributed by atoms with E-state index >= 15 is 0 Å². The summed E-state index contributed by atoms with van der Waals surface area (Å²) in [6.45, 7) is 1.83. The second kappa shape index (κ2) is 9.53. The zero-order valence-electron chi connectivity index (χ0n) is 17.8. The number of hydrogen-bond donors (Lipinski definition) is 2. The third kappa shape index (κ3) is 4.55. The molecule has 2 aromatic carbocycles. The average Bonchev–Trinajstić information content (AvgIpc) is 3.24. The van der Waals surface area contributed by atoms with Gasteiger partial charge in [-0.2, -0.15) is 9.78 Å². The maximum Gasteiger partial charge on any atom is 0.359 e. The minimum absolute atomic E-state index is 0.0185. The second-order valence-corrected chi connectivity index (χ2v) is 7.66. The van der Waals surface area contributed by atoms with Crippen LogP contribution in [-0.4, -0.2) is 35.5 Å². The molecular weight excluding hydrogens is 444 g/mol. The highest BCUT2D eigenvalue weighted by Crippen LogP contribution is 2.31. The normalized spacial score (nSPS) is 10.6. The van der Waals surface area contributed by atoms with Gasteiger partial charge in [-0.15, -0.1) is 11.3 Å². The second-order valence-electron chi connectivity index (χ2n) is 6.78. The Morgan fingerprint density at radius 1 is 1.06 bits per heavy atom. The molecule has 0 saturated heterocycles. The van der Waals surface area contributed by atoms with Gasteiger partial charge in [0.15, 0.2) is 5.69 Å². The van der Waals surface area contributed by atoms with Gasteiger partial charge in [-0.3, -0.25) is 10.1 Å². The van der Waals surface area contributed by atoms with Crippen LogP contribution in [0.25, 0.3) is 16.5 Å². The summed E-state index contributed by atoms with van der Waals surface area (Å²) in [5, 5.41) is 12.1. The summed E-state index contributed by atoms with van der Waals surface area (Å²) < 4.78 is 11.4. The van der Waals surface area contributed by atoms with E-state index in [1.807, 2.05) is 6.07 Å². The van der Waals surface area contributed by atoms with E-state index in [1.54, 1.807) is 60.8 Å². The Morgan fingerprint density at radius 2 is 1.79 bits per heavy atom. The monoisotopic (exact) mass is 464 g/mol. The van der Waals surface area contributed by atoms with Gasteiger partial charge in [0, 0.05) is 16.5 Å². The fourth-order valence-electron chi connectivity index (χ4n) is 3.18.